The van der Waals surface area contributed by atoms with Crippen molar-refractivity contribution < 1.29 is 13.2 Å². The predicted molar refractivity (Wildman–Crippen MR) is 72.8 cm³/mol. The van der Waals surface area contributed by atoms with Gasteiger partial charge in [0.05, 0.1) is 5.56 Å². The number of nitrogens with zero attached hydrogens (tertiary/aromatic N) is 2. The van der Waals surface area contributed by atoms with E-state index in [0.29, 0.717) is 16.2 Å². The molecular formula is C13H14F3N3S. The fourth-order valence-corrected chi connectivity index (χ4v) is 2.33. The Morgan fingerprint density at radius 3 is 2.10 bits per heavy atom. The van der Waals surface area contributed by atoms with Crippen LogP contribution in [-0.2, 0) is 11.7 Å². The van der Waals surface area contributed by atoms with Crippen LogP contribution < -0.4 is 0 Å². The molecule has 0 spiro atoms. The fraction of sp³-hybridized carbons (Fsp3) is 0.385. The number of halogens is 3. The molecule has 0 aliphatic carbocycles. The molecular weight excluding hydrogens is 287 g/mol. The highest BCUT2D eigenvalue weighted by Crippen LogP contribution is 2.31. The molecule has 0 amide bonds. The van der Waals surface area contributed by atoms with Crippen molar-refractivity contribution in [1.29, 1.82) is 0 Å². The molecule has 0 fully saturated rings. The zero-order valence-corrected chi connectivity index (χ0v) is 12.1. The summed E-state index contributed by atoms with van der Waals surface area (Å²) in [5.74, 6) is 0.524. The number of aromatic amines is 1. The van der Waals surface area contributed by atoms with E-state index in [9.17, 15) is 13.2 Å². The second-order valence-corrected chi connectivity index (χ2v) is 5.82. The minimum atomic E-state index is -4.34. The molecule has 0 unspecified atom stereocenters. The minimum absolute atomic E-state index is 0.317. The van der Waals surface area contributed by atoms with E-state index < -0.39 is 11.7 Å². The van der Waals surface area contributed by atoms with E-state index in [0.717, 1.165) is 12.1 Å². The van der Waals surface area contributed by atoms with Crippen LogP contribution in [0.25, 0.3) is 11.4 Å². The standard InChI is InChI=1S/C13H14F3N3S/c1-12(2,3)19-10(17-18-11(19)20)8-4-6-9(7-5-8)13(14,15)16/h4-7H,1-3H3,(H,18,20). The lowest BCUT2D eigenvalue weighted by molar-refractivity contribution is -0.137. The Bertz CT molecular complexity index is 660. The van der Waals surface area contributed by atoms with Gasteiger partial charge < -0.3 is 0 Å². The molecule has 108 valence electrons. The lowest BCUT2D eigenvalue weighted by Crippen LogP contribution is -2.23. The van der Waals surface area contributed by atoms with Crippen molar-refractivity contribution in [2.45, 2.75) is 32.5 Å². The van der Waals surface area contributed by atoms with Crippen molar-refractivity contribution in [3.05, 3.63) is 34.6 Å². The Balaban J connectivity index is 2.51. The van der Waals surface area contributed by atoms with Crippen molar-refractivity contribution in [1.82, 2.24) is 14.8 Å². The van der Waals surface area contributed by atoms with Gasteiger partial charge in [-0.1, -0.05) is 12.1 Å². The molecule has 1 N–H and O–H groups in total. The summed E-state index contributed by atoms with van der Waals surface area (Å²) in [5.41, 5.74) is -0.416. The zero-order valence-electron chi connectivity index (χ0n) is 11.2. The molecule has 0 atom stereocenters. The summed E-state index contributed by atoms with van der Waals surface area (Å²) in [4.78, 5) is 0. The van der Waals surface area contributed by atoms with Gasteiger partial charge in [-0.05, 0) is 45.1 Å². The molecule has 1 heterocycles. The van der Waals surface area contributed by atoms with E-state index in [1.165, 1.54) is 12.1 Å². The molecule has 3 nitrogen and oxygen atoms in total. The first kappa shape index (κ1) is 14.8. The molecule has 0 bridgehead atoms. The molecule has 0 saturated carbocycles. The van der Waals surface area contributed by atoms with Gasteiger partial charge in [-0.3, -0.25) is 9.67 Å². The van der Waals surface area contributed by atoms with Crippen LogP contribution in [-0.4, -0.2) is 14.8 Å². The number of hydrogen-bond acceptors (Lipinski definition) is 2. The van der Waals surface area contributed by atoms with E-state index in [-0.39, 0.29) is 5.54 Å². The highest BCUT2D eigenvalue weighted by atomic mass is 32.1. The largest absolute Gasteiger partial charge is 0.416 e. The van der Waals surface area contributed by atoms with Crippen LogP contribution in [0.15, 0.2) is 24.3 Å². The fourth-order valence-electron chi connectivity index (χ4n) is 1.92. The van der Waals surface area contributed by atoms with E-state index in [1.54, 1.807) is 4.57 Å². The first-order chi connectivity index (χ1) is 9.10. The van der Waals surface area contributed by atoms with E-state index >= 15 is 0 Å². The maximum Gasteiger partial charge on any atom is 0.416 e. The smallest absolute Gasteiger partial charge is 0.295 e. The molecule has 0 aliphatic rings. The summed E-state index contributed by atoms with van der Waals surface area (Å²) in [6.45, 7) is 5.85. The quantitative estimate of drug-likeness (QED) is 0.793. The molecule has 0 radical (unpaired) electrons. The van der Waals surface area contributed by atoms with Gasteiger partial charge in [-0.15, -0.1) is 0 Å². The summed E-state index contributed by atoms with van der Waals surface area (Å²) < 4.78 is 39.9. The molecule has 0 aliphatic heterocycles. The Morgan fingerprint density at radius 2 is 1.65 bits per heavy atom. The number of rotatable bonds is 1. The molecule has 0 saturated heterocycles. The Labute approximate surface area is 119 Å². The molecule has 2 rings (SSSR count). The average Bonchev–Trinajstić information content (AvgIpc) is 2.70. The normalized spacial score (nSPS) is 12.7. The Hall–Kier alpha value is -1.63. The van der Waals surface area contributed by atoms with Gasteiger partial charge in [-0.25, -0.2) is 0 Å². The zero-order chi connectivity index (χ0) is 15.1. The maximum atomic E-state index is 12.6. The Morgan fingerprint density at radius 1 is 1.10 bits per heavy atom. The SMILES string of the molecule is CC(C)(C)n1c(-c2ccc(C(F)(F)F)cc2)n[nH]c1=S. The first-order valence-electron chi connectivity index (χ1n) is 5.96. The first-order valence-corrected chi connectivity index (χ1v) is 6.37. The maximum absolute atomic E-state index is 12.6. The summed E-state index contributed by atoms with van der Waals surface area (Å²) >= 11 is 5.17. The van der Waals surface area contributed by atoms with Crippen LogP contribution in [0.2, 0.25) is 0 Å². The second-order valence-electron chi connectivity index (χ2n) is 5.43. The minimum Gasteiger partial charge on any atom is -0.295 e. The molecule has 20 heavy (non-hydrogen) atoms. The third-order valence-electron chi connectivity index (χ3n) is 2.81. The number of benzene rings is 1. The lowest BCUT2D eigenvalue weighted by Gasteiger charge is -2.22. The van der Waals surface area contributed by atoms with Crippen LogP contribution >= 0.6 is 12.2 Å². The summed E-state index contributed by atoms with van der Waals surface area (Å²) in [7, 11) is 0. The predicted octanol–water partition coefficient (Wildman–Crippen LogP) is 4.38. The van der Waals surface area contributed by atoms with Gasteiger partial charge in [-0.2, -0.15) is 18.3 Å². The van der Waals surface area contributed by atoms with Crippen LogP contribution in [0, 0.1) is 4.77 Å². The van der Waals surface area contributed by atoms with Gasteiger partial charge >= 0.3 is 6.18 Å². The molecule has 1 aromatic heterocycles. The van der Waals surface area contributed by atoms with Crippen LogP contribution in [0.3, 0.4) is 0 Å². The van der Waals surface area contributed by atoms with Gasteiger partial charge in [0.2, 0.25) is 0 Å². The third kappa shape index (κ3) is 2.77. The number of hydrogen-bond donors (Lipinski definition) is 1. The second kappa shape index (κ2) is 4.73. The summed E-state index contributed by atoms with van der Waals surface area (Å²) in [5, 5.41) is 6.79. The topological polar surface area (TPSA) is 33.6 Å². The third-order valence-corrected chi connectivity index (χ3v) is 3.09. The van der Waals surface area contributed by atoms with Crippen molar-refractivity contribution in [2.75, 3.05) is 0 Å². The average molecular weight is 301 g/mol. The number of aromatic nitrogens is 3. The van der Waals surface area contributed by atoms with Gasteiger partial charge in [0.15, 0.2) is 10.6 Å². The van der Waals surface area contributed by atoms with Crippen molar-refractivity contribution in [3.8, 4) is 11.4 Å². The highest BCUT2D eigenvalue weighted by Gasteiger charge is 2.30. The highest BCUT2D eigenvalue weighted by molar-refractivity contribution is 7.71. The van der Waals surface area contributed by atoms with Crippen molar-refractivity contribution in [2.24, 2.45) is 0 Å². The van der Waals surface area contributed by atoms with Crippen molar-refractivity contribution >= 4 is 12.2 Å². The summed E-state index contributed by atoms with van der Waals surface area (Å²) in [6, 6.07) is 4.88. The molecule has 1 aromatic carbocycles. The Kier molecular flexibility index (Phi) is 3.49. The van der Waals surface area contributed by atoms with Gasteiger partial charge in [0.1, 0.15) is 0 Å². The van der Waals surface area contributed by atoms with E-state index in [2.05, 4.69) is 10.2 Å². The summed E-state index contributed by atoms with van der Waals surface area (Å²) in [6.07, 6.45) is -4.34. The lowest BCUT2D eigenvalue weighted by atomic mass is 10.1. The molecule has 7 heteroatoms. The van der Waals surface area contributed by atoms with Crippen LogP contribution in [0.4, 0.5) is 13.2 Å². The van der Waals surface area contributed by atoms with Crippen molar-refractivity contribution in [3.63, 3.8) is 0 Å². The van der Waals surface area contributed by atoms with E-state index in [4.69, 9.17) is 12.2 Å². The monoisotopic (exact) mass is 301 g/mol. The van der Waals surface area contributed by atoms with E-state index in [1.807, 2.05) is 20.8 Å². The van der Waals surface area contributed by atoms with Gasteiger partial charge in [0, 0.05) is 11.1 Å². The number of H-pyrrole nitrogens is 1. The number of alkyl halides is 3. The number of nitrogens with one attached hydrogen (secondary N) is 1. The van der Waals surface area contributed by atoms with Crippen LogP contribution in [0.1, 0.15) is 26.3 Å². The molecule has 2 aromatic rings. The van der Waals surface area contributed by atoms with Gasteiger partial charge in [0.25, 0.3) is 0 Å². The van der Waals surface area contributed by atoms with Crippen LogP contribution in [0.5, 0.6) is 0 Å².